The fraction of sp³-hybridized carbons (Fsp3) is 0.667. The Bertz CT molecular complexity index is 360. The maximum atomic E-state index is 4.47. The quantitative estimate of drug-likeness (QED) is 0.565. The second-order valence-corrected chi connectivity index (χ2v) is 5.74. The van der Waals surface area contributed by atoms with Gasteiger partial charge < -0.3 is 10.6 Å². The number of aromatic nitrogens is 2. The average Bonchev–Trinajstić information content (AvgIpc) is 2.36. The van der Waals surface area contributed by atoms with Crippen molar-refractivity contribution >= 4 is 35.2 Å². The smallest absolute Gasteiger partial charge is 0.191 e. The van der Waals surface area contributed by atoms with Gasteiger partial charge in [-0.1, -0.05) is 18.7 Å². The van der Waals surface area contributed by atoms with Gasteiger partial charge in [-0.05, 0) is 25.9 Å². The molecule has 1 aromatic rings. The number of hydrogen-bond donors (Lipinski definition) is 2. The van der Waals surface area contributed by atoms with Crippen molar-refractivity contribution in [2.75, 3.05) is 35.4 Å². The van der Waals surface area contributed by atoms with Crippen molar-refractivity contribution in [3.8, 4) is 0 Å². The third kappa shape index (κ3) is 5.35. The van der Waals surface area contributed by atoms with Crippen LogP contribution in [-0.4, -0.2) is 40.8 Å². The molecular formula is C12H22N4S2. The third-order valence-electron chi connectivity index (χ3n) is 2.26. The van der Waals surface area contributed by atoms with Gasteiger partial charge in [-0.2, -0.15) is 11.8 Å². The second-order valence-electron chi connectivity index (χ2n) is 4.05. The van der Waals surface area contributed by atoms with Gasteiger partial charge in [0.05, 0.1) is 0 Å². The normalized spacial score (nSPS) is 12.2. The van der Waals surface area contributed by atoms with Gasteiger partial charge in [0.2, 0.25) is 0 Å². The van der Waals surface area contributed by atoms with Crippen LogP contribution in [0.2, 0.25) is 0 Å². The first-order chi connectivity index (χ1) is 8.69. The minimum atomic E-state index is 0.406. The van der Waals surface area contributed by atoms with E-state index in [4.69, 9.17) is 0 Å². The van der Waals surface area contributed by atoms with E-state index < -0.39 is 0 Å². The van der Waals surface area contributed by atoms with Crippen molar-refractivity contribution in [2.45, 2.75) is 31.5 Å². The summed E-state index contributed by atoms with van der Waals surface area (Å²) in [6.07, 6.45) is 5.19. The van der Waals surface area contributed by atoms with Crippen LogP contribution in [0.4, 0.5) is 11.6 Å². The molecule has 0 spiro atoms. The number of anilines is 2. The maximum Gasteiger partial charge on any atom is 0.191 e. The molecule has 1 aromatic heterocycles. The molecule has 4 nitrogen and oxygen atoms in total. The predicted molar refractivity (Wildman–Crippen MR) is 84.1 cm³/mol. The molecule has 18 heavy (non-hydrogen) atoms. The summed E-state index contributed by atoms with van der Waals surface area (Å²) in [5.41, 5.74) is 0. The van der Waals surface area contributed by atoms with Crippen molar-refractivity contribution in [2.24, 2.45) is 0 Å². The Kier molecular flexibility index (Phi) is 7.27. The van der Waals surface area contributed by atoms with E-state index in [0.29, 0.717) is 6.04 Å². The first kappa shape index (κ1) is 15.4. The molecule has 2 N–H and O–H groups in total. The Morgan fingerprint density at radius 2 is 2.00 bits per heavy atom. The fourth-order valence-corrected chi connectivity index (χ4v) is 2.44. The van der Waals surface area contributed by atoms with Crippen molar-refractivity contribution in [3.05, 3.63) is 6.07 Å². The topological polar surface area (TPSA) is 49.8 Å². The second kappa shape index (κ2) is 8.48. The zero-order chi connectivity index (χ0) is 13.4. The molecular weight excluding hydrogens is 264 g/mol. The van der Waals surface area contributed by atoms with Gasteiger partial charge in [0.25, 0.3) is 0 Å². The molecule has 0 aliphatic heterocycles. The van der Waals surface area contributed by atoms with Gasteiger partial charge in [0.15, 0.2) is 5.16 Å². The van der Waals surface area contributed by atoms with Crippen LogP contribution in [0.3, 0.4) is 0 Å². The van der Waals surface area contributed by atoms with E-state index in [-0.39, 0.29) is 0 Å². The highest BCUT2D eigenvalue weighted by Gasteiger charge is 2.06. The summed E-state index contributed by atoms with van der Waals surface area (Å²) < 4.78 is 0. The van der Waals surface area contributed by atoms with E-state index in [9.17, 15) is 0 Å². The summed E-state index contributed by atoms with van der Waals surface area (Å²) in [6, 6.07) is 2.38. The zero-order valence-electron chi connectivity index (χ0n) is 11.5. The molecule has 102 valence electrons. The van der Waals surface area contributed by atoms with E-state index >= 15 is 0 Å². The number of nitrogens with one attached hydrogen (secondary N) is 2. The van der Waals surface area contributed by atoms with Gasteiger partial charge in [0, 0.05) is 24.4 Å². The molecule has 0 amide bonds. The molecule has 0 bridgehead atoms. The third-order valence-corrected chi connectivity index (χ3v) is 3.64. The molecule has 0 aliphatic carbocycles. The lowest BCUT2D eigenvalue weighted by atomic mass is 10.4. The van der Waals surface area contributed by atoms with Gasteiger partial charge in [-0.15, -0.1) is 0 Å². The number of thioether (sulfide) groups is 2. The van der Waals surface area contributed by atoms with Crippen molar-refractivity contribution < 1.29 is 0 Å². The average molecular weight is 286 g/mol. The Balaban J connectivity index is 2.76. The standard InChI is InChI=1S/C12H22N4S2/c1-5-6-13-10-7-11(14-9(2)8-17-3)16-12(15-10)18-4/h7,9H,5-6,8H2,1-4H3,(H2,13,14,15,16). The van der Waals surface area contributed by atoms with Crippen molar-refractivity contribution in [3.63, 3.8) is 0 Å². The van der Waals surface area contributed by atoms with Gasteiger partial charge in [-0.25, -0.2) is 9.97 Å². The summed E-state index contributed by atoms with van der Waals surface area (Å²) >= 11 is 3.39. The zero-order valence-corrected chi connectivity index (χ0v) is 13.1. The minimum absolute atomic E-state index is 0.406. The van der Waals surface area contributed by atoms with E-state index in [1.165, 1.54) is 0 Å². The lowest BCUT2D eigenvalue weighted by Gasteiger charge is -2.14. The highest BCUT2D eigenvalue weighted by molar-refractivity contribution is 7.98. The molecule has 6 heteroatoms. The highest BCUT2D eigenvalue weighted by atomic mass is 32.2. The Hall–Kier alpha value is -0.620. The summed E-state index contributed by atoms with van der Waals surface area (Å²) in [6.45, 7) is 5.24. The van der Waals surface area contributed by atoms with E-state index in [2.05, 4.69) is 40.7 Å². The molecule has 0 saturated carbocycles. The Morgan fingerprint density at radius 1 is 1.28 bits per heavy atom. The molecule has 1 atom stereocenters. The van der Waals surface area contributed by atoms with Crippen LogP contribution >= 0.6 is 23.5 Å². The van der Waals surface area contributed by atoms with Crippen LogP contribution in [0.5, 0.6) is 0 Å². The first-order valence-corrected chi connectivity index (χ1v) is 8.73. The largest absolute Gasteiger partial charge is 0.370 e. The molecule has 1 rings (SSSR count). The Labute approximate surface area is 118 Å². The molecule has 0 aromatic carbocycles. The molecule has 0 aliphatic rings. The summed E-state index contributed by atoms with van der Waals surface area (Å²) in [5.74, 6) is 2.86. The molecule has 1 unspecified atom stereocenters. The van der Waals surface area contributed by atoms with E-state index in [1.54, 1.807) is 11.8 Å². The van der Waals surface area contributed by atoms with Crippen LogP contribution in [0.1, 0.15) is 20.3 Å². The van der Waals surface area contributed by atoms with Gasteiger partial charge >= 0.3 is 0 Å². The molecule has 1 heterocycles. The van der Waals surface area contributed by atoms with Crippen LogP contribution in [0.25, 0.3) is 0 Å². The van der Waals surface area contributed by atoms with Crippen LogP contribution in [0.15, 0.2) is 11.2 Å². The number of hydrogen-bond acceptors (Lipinski definition) is 6. The van der Waals surface area contributed by atoms with Crippen molar-refractivity contribution in [1.82, 2.24) is 9.97 Å². The summed E-state index contributed by atoms with van der Waals surface area (Å²) in [7, 11) is 0. The predicted octanol–water partition coefficient (Wildman–Crippen LogP) is 3.18. The lowest BCUT2D eigenvalue weighted by Crippen LogP contribution is -2.19. The van der Waals surface area contributed by atoms with Crippen molar-refractivity contribution in [1.29, 1.82) is 0 Å². The molecule has 0 saturated heterocycles. The van der Waals surface area contributed by atoms with Gasteiger partial charge in [-0.3, -0.25) is 0 Å². The van der Waals surface area contributed by atoms with Crippen LogP contribution in [0, 0.1) is 0 Å². The monoisotopic (exact) mass is 286 g/mol. The van der Waals surface area contributed by atoms with E-state index in [1.807, 2.05) is 24.1 Å². The van der Waals surface area contributed by atoms with Crippen LogP contribution in [-0.2, 0) is 0 Å². The number of nitrogens with zero attached hydrogens (tertiary/aromatic N) is 2. The molecule has 0 fully saturated rings. The van der Waals surface area contributed by atoms with Crippen LogP contribution < -0.4 is 10.6 Å². The molecule has 0 radical (unpaired) electrons. The maximum absolute atomic E-state index is 4.47. The van der Waals surface area contributed by atoms with Gasteiger partial charge in [0.1, 0.15) is 11.6 Å². The number of rotatable bonds is 8. The summed E-state index contributed by atoms with van der Waals surface area (Å²) in [5, 5.41) is 7.51. The fourth-order valence-electron chi connectivity index (χ4n) is 1.48. The Morgan fingerprint density at radius 3 is 2.61 bits per heavy atom. The summed E-state index contributed by atoms with van der Waals surface area (Å²) in [4.78, 5) is 8.91. The minimum Gasteiger partial charge on any atom is -0.370 e. The SMILES string of the molecule is CCCNc1cc(NC(C)CSC)nc(SC)n1. The van der Waals surface area contributed by atoms with E-state index in [0.717, 1.165) is 35.5 Å². The highest BCUT2D eigenvalue weighted by Crippen LogP contribution is 2.18. The first-order valence-electron chi connectivity index (χ1n) is 6.12. The lowest BCUT2D eigenvalue weighted by molar-refractivity contribution is 0.873.